The first-order valence-electron chi connectivity index (χ1n) is 9.63. The second-order valence-electron chi connectivity index (χ2n) is 7.14. The summed E-state index contributed by atoms with van der Waals surface area (Å²) in [7, 11) is 4.13. The minimum atomic E-state index is -0.538. The molecule has 1 atom stereocenters. The molecule has 2 N–H and O–H groups in total. The first-order valence-corrected chi connectivity index (χ1v) is 9.63. The van der Waals surface area contributed by atoms with Crippen LogP contribution in [0.1, 0.15) is 37.7 Å². The van der Waals surface area contributed by atoms with E-state index < -0.39 is 6.10 Å². The van der Waals surface area contributed by atoms with Gasteiger partial charge in [0.25, 0.3) is 0 Å². The van der Waals surface area contributed by atoms with Crippen LogP contribution >= 0.6 is 0 Å². The van der Waals surface area contributed by atoms with Gasteiger partial charge in [-0.3, -0.25) is 0 Å². The van der Waals surface area contributed by atoms with Gasteiger partial charge in [0.1, 0.15) is 12.7 Å². The van der Waals surface area contributed by atoms with Gasteiger partial charge in [0.2, 0.25) is 0 Å². The first-order chi connectivity index (χ1) is 12.6. The molecule has 0 aliphatic heterocycles. The van der Waals surface area contributed by atoms with Crippen LogP contribution in [0.5, 0.6) is 0 Å². The number of allylic oxidation sites excluding steroid dienone is 1. The summed E-state index contributed by atoms with van der Waals surface area (Å²) in [5, 5.41) is 17.6. The van der Waals surface area contributed by atoms with Crippen LogP contribution in [0, 0.1) is 0 Å². The van der Waals surface area contributed by atoms with Gasteiger partial charge in [0, 0.05) is 6.54 Å². The minimum Gasteiger partial charge on any atom is -0.393 e. The van der Waals surface area contributed by atoms with Crippen molar-refractivity contribution in [3.8, 4) is 0 Å². The van der Waals surface area contributed by atoms with E-state index in [9.17, 15) is 5.11 Å². The summed E-state index contributed by atoms with van der Waals surface area (Å²) in [6.07, 6.45) is 7.04. The molecule has 1 saturated carbocycles. The van der Waals surface area contributed by atoms with E-state index in [1.807, 2.05) is 18.2 Å². The van der Waals surface area contributed by atoms with Gasteiger partial charge in [-0.1, -0.05) is 35.5 Å². The molecule has 1 aliphatic rings. The van der Waals surface area contributed by atoms with Crippen molar-refractivity contribution < 1.29 is 9.94 Å². The van der Waals surface area contributed by atoms with E-state index in [0.717, 1.165) is 44.5 Å². The molecule has 0 bridgehead atoms. The Labute approximate surface area is 157 Å². The zero-order valence-electron chi connectivity index (χ0n) is 16.2. The summed E-state index contributed by atoms with van der Waals surface area (Å²) >= 11 is 0. The van der Waals surface area contributed by atoms with Gasteiger partial charge >= 0.3 is 0 Å². The van der Waals surface area contributed by atoms with Crippen molar-refractivity contribution in [2.45, 2.75) is 38.2 Å². The minimum absolute atomic E-state index is 0.225. The molecule has 5 nitrogen and oxygen atoms in total. The van der Waals surface area contributed by atoms with Crippen LogP contribution in [0.25, 0.3) is 6.08 Å². The first kappa shape index (κ1) is 20.6. The van der Waals surface area contributed by atoms with Crippen LogP contribution in [0.4, 0.5) is 0 Å². The van der Waals surface area contributed by atoms with Crippen LogP contribution in [0.15, 0.2) is 41.1 Å². The molecule has 1 unspecified atom stereocenters. The fourth-order valence-electron chi connectivity index (χ4n) is 2.97. The Hall–Kier alpha value is -1.69. The van der Waals surface area contributed by atoms with Gasteiger partial charge in [0.05, 0.1) is 5.71 Å². The van der Waals surface area contributed by atoms with Gasteiger partial charge in [-0.15, -0.1) is 0 Å². The van der Waals surface area contributed by atoms with Crippen LogP contribution in [-0.2, 0) is 4.84 Å². The van der Waals surface area contributed by atoms with E-state index >= 15 is 0 Å². The zero-order valence-corrected chi connectivity index (χ0v) is 16.2. The molecule has 0 radical (unpaired) electrons. The Kier molecular flexibility index (Phi) is 9.39. The molecule has 2 rings (SSSR count). The maximum atomic E-state index is 10.0. The maximum absolute atomic E-state index is 10.0. The molecule has 1 aliphatic carbocycles. The topological polar surface area (TPSA) is 57.1 Å². The number of aliphatic hydroxyl groups excluding tert-OH is 1. The summed E-state index contributed by atoms with van der Waals surface area (Å²) in [6.45, 7) is 2.70. The lowest BCUT2D eigenvalue weighted by molar-refractivity contribution is 0.0400. The highest BCUT2D eigenvalue weighted by Gasteiger charge is 2.14. The van der Waals surface area contributed by atoms with Crippen molar-refractivity contribution in [3.63, 3.8) is 0 Å². The van der Waals surface area contributed by atoms with Crippen molar-refractivity contribution in [1.29, 1.82) is 0 Å². The summed E-state index contributed by atoms with van der Waals surface area (Å²) < 4.78 is 0. The predicted molar refractivity (Wildman–Crippen MR) is 108 cm³/mol. The van der Waals surface area contributed by atoms with Crippen LogP contribution in [-0.4, -0.2) is 62.2 Å². The lowest BCUT2D eigenvalue weighted by Gasteiger charge is -2.17. The molecular weight excluding hydrogens is 326 g/mol. The smallest absolute Gasteiger partial charge is 0.144 e. The average Bonchev–Trinajstić information content (AvgIpc) is 2.63. The highest BCUT2D eigenvalue weighted by molar-refractivity contribution is 6.03. The van der Waals surface area contributed by atoms with Crippen LogP contribution in [0.2, 0.25) is 0 Å². The predicted octanol–water partition coefficient (Wildman–Crippen LogP) is 2.92. The number of nitrogens with zero attached hydrogens (tertiary/aromatic N) is 2. The van der Waals surface area contributed by atoms with Gasteiger partial charge in [0.15, 0.2) is 0 Å². The SMILES string of the molecule is CN(C)CCCNCC(O)CON=C1CCCCC1=Cc1ccccc1. The lowest BCUT2D eigenvalue weighted by Crippen LogP contribution is -2.31. The Morgan fingerprint density at radius 3 is 2.77 bits per heavy atom. The number of aliphatic hydroxyl groups is 1. The zero-order chi connectivity index (χ0) is 18.6. The lowest BCUT2D eigenvalue weighted by atomic mass is 9.91. The van der Waals surface area contributed by atoms with Crippen LogP contribution < -0.4 is 5.32 Å². The molecular formula is C21H33N3O2. The number of hydrogen-bond donors (Lipinski definition) is 2. The molecule has 144 valence electrons. The third kappa shape index (κ3) is 8.13. The van der Waals surface area contributed by atoms with Gasteiger partial charge in [-0.05, 0) is 76.5 Å². The van der Waals surface area contributed by atoms with E-state index in [4.69, 9.17) is 4.84 Å². The highest BCUT2D eigenvalue weighted by Crippen LogP contribution is 2.23. The summed E-state index contributed by atoms with van der Waals surface area (Å²) in [4.78, 5) is 7.60. The molecule has 1 aromatic carbocycles. The van der Waals surface area contributed by atoms with E-state index in [-0.39, 0.29) is 6.61 Å². The quantitative estimate of drug-likeness (QED) is 0.498. The Balaban J connectivity index is 1.75. The molecule has 5 heteroatoms. The van der Waals surface area contributed by atoms with E-state index in [1.165, 1.54) is 17.6 Å². The van der Waals surface area contributed by atoms with E-state index in [0.29, 0.717) is 6.54 Å². The standard InChI is InChI=1S/C21H33N3O2/c1-24(2)14-8-13-22-16-20(25)17-26-23-21-12-7-6-11-19(21)15-18-9-4-3-5-10-18/h3-5,9-10,15,20,22,25H,6-8,11-14,16-17H2,1-2H3. The number of benzene rings is 1. The largest absolute Gasteiger partial charge is 0.393 e. The Morgan fingerprint density at radius 2 is 2.00 bits per heavy atom. The molecule has 0 aromatic heterocycles. The normalized spacial score (nSPS) is 19.2. The van der Waals surface area contributed by atoms with Gasteiger partial charge in [-0.2, -0.15) is 0 Å². The fraction of sp³-hybridized carbons (Fsp3) is 0.571. The molecule has 0 spiro atoms. The fourth-order valence-corrected chi connectivity index (χ4v) is 2.97. The van der Waals surface area contributed by atoms with Crippen molar-refractivity contribution >= 4 is 11.8 Å². The molecule has 1 aromatic rings. The van der Waals surface area contributed by atoms with E-state index in [2.05, 4.69) is 47.7 Å². The van der Waals surface area contributed by atoms with E-state index in [1.54, 1.807) is 0 Å². The van der Waals surface area contributed by atoms with Gasteiger partial charge in [-0.25, -0.2) is 0 Å². The summed E-state index contributed by atoms with van der Waals surface area (Å²) in [5.74, 6) is 0. The number of nitrogens with one attached hydrogen (secondary N) is 1. The molecule has 26 heavy (non-hydrogen) atoms. The van der Waals surface area contributed by atoms with Crippen molar-refractivity contribution in [3.05, 3.63) is 41.5 Å². The molecule has 0 saturated heterocycles. The van der Waals surface area contributed by atoms with Crippen molar-refractivity contribution in [2.24, 2.45) is 5.16 Å². The van der Waals surface area contributed by atoms with Crippen molar-refractivity contribution in [1.82, 2.24) is 10.2 Å². The van der Waals surface area contributed by atoms with Crippen LogP contribution in [0.3, 0.4) is 0 Å². The second kappa shape index (κ2) is 11.8. The molecule has 0 amide bonds. The third-order valence-electron chi connectivity index (χ3n) is 4.40. The number of oxime groups is 1. The summed E-state index contributed by atoms with van der Waals surface area (Å²) in [5.41, 5.74) is 3.46. The van der Waals surface area contributed by atoms with Gasteiger partial charge < -0.3 is 20.2 Å². The summed E-state index contributed by atoms with van der Waals surface area (Å²) in [6, 6.07) is 10.3. The number of rotatable bonds is 10. The van der Waals surface area contributed by atoms with Crippen molar-refractivity contribution in [2.75, 3.05) is 40.3 Å². The molecule has 0 heterocycles. The number of hydrogen-bond acceptors (Lipinski definition) is 5. The Morgan fingerprint density at radius 1 is 1.23 bits per heavy atom. The maximum Gasteiger partial charge on any atom is 0.144 e. The third-order valence-corrected chi connectivity index (χ3v) is 4.40. The Bertz CT molecular complexity index is 570. The molecule has 1 fully saturated rings. The monoisotopic (exact) mass is 359 g/mol. The highest BCUT2D eigenvalue weighted by atomic mass is 16.6. The second-order valence-corrected chi connectivity index (χ2v) is 7.14. The average molecular weight is 360 g/mol.